The molecule has 0 spiro atoms. The Balaban J connectivity index is 1.21. The Hall–Kier alpha value is -9.74. The highest BCUT2D eigenvalue weighted by atomic mass is 16.5. The van der Waals surface area contributed by atoms with Crippen molar-refractivity contribution in [3.05, 3.63) is 224 Å². The van der Waals surface area contributed by atoms with Crippen LogP contribution in [0.3, 0.4) is 0 Å². The second-order valence-electron chi connectivity index (χ2n) is 19.0. The molecule has 0 unspecified atom stereocenters. The lowest BCUT2D eigenvalue weighted by atomic mass is 9.83. The first-order valence-electron chi connectivity index (χ1n) is 25.0. The molecule has 0 heterocycles. The molecule has 6 aliphatic carbocycles. The third kappa shape index (κ3) is 10.1. The molecule has 6 aliphatic rings. The number of allylic oxidation sites excluding steroid dienone is 16. The smallest absolute Gasteiger partial charge is 0.338 e. The number of ether oxygens (including phenoxy) is 2. The largest absolute Gasteiger partial charge is 0.465 e. The van der Waals surface area contributed by atoms with Gasteiger partial charge in [-0.15, -0.1) is 0 Å². The first kappa shape index (κ1) is 52.6. The van der Waals surface area contributed by atoms with E-state index in [0.29, 0.717) is 102 Å². The average Bonchev–Trinajstić information content (AvgIpc) is 3.61. The lowest BCUT2D eigenvalue weighted by Gasteiger charge is -2.19. The highest BCUT2D eigenvalue weighted by Gasteiger charge is 2.33. The van der Waals surface area contributed by atoms with Gasteiger partial charge in [0, 0.05) is 11.1 Å². The van der Waals surface area contributed by atoms with Gasteiger partial charge in [0.1, 0.15) is 35.4 Å². The van der Waals surface area contributed by atoms with Crippen molar-refractivity contribution >= 4 is 45.6 Å². The van der Waals surface area contributed by atoms with Gasteiger partial charge in [0.15, 0.2) is 0 Å². The van der Waals surface area contributed by atoms with Crippen molar-refractivity contribution in [2.75, 3.05) is 14.2 Å². The molecule has 0 fully saturated rings. The summed E-state index contributed by atoms with van der Waals surface area (Å²) >= 11 is 0. The predicted octanol–water partition coefficient (Wildman–Crippen LogP) is 16.3. The molecule has 0 saturated carbocycles. The van der Waals surface area contributed by atoms with Gasteiger partial charge < -0.3 is 9.47 Å². The van der Waals surface area contributed by atoms with Gasteiger partial charge in [0.05, 0.1) is 36.7 Å². The van der Waals surface area contributed by atoms with E-state index < -0.39 is 11.9 Å². The highest BCUT2D eigenvalue weighted by molar-refractivity contribution is 6.18. The third-order valence-corrected chi connectivity index (χ3v) is 13.8. The second-order valence-corrected chi connectivity index (χ2v) is 19.0. The normalized spacial score (nSPS) is 12.6. The third-order valence-electron chi connectivity index (χ3n) is 13.8. The van der Waals surface area contributed by atoms with Crippen LogP contribution in [0.5, 0.6) is 0 Å². The van der Waals surface area contributed by atoms with Gasteiger partial charge in [0.2, 0.25) is 0 Å². The predicted molar refractivity (Wildman–Crippen MR) is 299 cm³/mol. The van der Waals surface area contributed by atoms with Crippen molar-refractivity contribution in [2.24, 2.45) is 10.2 Å². The van der Waals surface area contributed by atoms with Crippen LogP contribution in [0.15, 0.2) is 178 Å². The summed E-state index contributed by atoms with van der Waals surface area (Å²) in [5.74, 6) is -0.640. The Morgan fingerprint density at radius 1 is 0.487 bits per heavy atom. The van der Waals surface area contributed by atoms with Crippen LogP contribution in [0.2, 0.25) is 0 Å². The van der Waals surface area contributed by atoms with Crippen LogP contribution in [0.25, 0.3) is 44.5 Å². The Morgan fingerprint density at radius 2 is 0.829 bits per heavy atom. The Kier molecular flexibility index (Phi) is 15.9. The van der Waals surface area contributed by atoms with Crippen molar-refractivity contribution < 1.29 is 19.1 Å². The number of rotatable bonds is 12. The molecule has 0 N–H and O–H groups in total. The number of methoxy groups -OCH3 is 2. The maximum Gasteiger partial charge on any atom is 0.338 e. The number of carbonyl (C=O) groups is 2. The molecule has 0 amide bonds. The summed E-state index contributed by atoms with van der Waals surface area (Å²) in [6, 6.07) is 38.9. The van der Waals surface area contributed by atoms with E-state index in [1.165, 1.54) is 14.2 Å². The van der Waals surface area contributed by atoms with Crippen LogP contribution in [-0.4, -0.2) is 26.2 Å². The molecule has 0 aliphatic heterocycles. The zero-order valence-corrected chi connectivity index (χ0v) is 43.7. The van der Waals surface area contributed by atoms with Gasteiger partial charge in [0.25, 0.3) is 0 Å². The molecule has 0 aromatic heterocycles. The van der Waals surface area contributed by atoms with Crippen molar-refractivity contribution in [3.8, 4) is 46.5 Å². The summed E-state index contributed by atoms with van der Waals surface area (Å²) in [6.45, 7) is 12.1. The molecule has 10 nitrogen and oxygen atoms in total. The van der Waals surface area contributed by atoms with E-state index in [2.05, 4.69) is 62.2 Å². The Labute approximate surface area is 444 Å². The minimum Gasteiger partial charge on any atom is -0.465 e. The first-order valence-corrected chi connectivity index (χ1v) is 25.0. The van der Waals surface area contributed by atoms with Crippen LogP contribution in [0, 0.1) is 59.2 Å². The maximum absolute atomic E-state index is 13.6. The van der Waals surface area contributed by atoms with Gasteiger partial charge in [-0.25, -0.2) is 9.59 Å². The number of carbonyl (C=O) groups excluding carboxylic acids is 2. The lowest BCUT2D eigenvalue weighted by molar-refractivity contribution is 0.0592. The lowest BCUT2D eigenvalue weighted by Crippen LogP contribution is -2.03. The summed E-state index contributed by atoms with van der Waals surface area (Å²) in [5.41, 5.74) is 14.1. The molecule has 2 aromatic rings. The Bertz CT molecular complexity index is 3440. The van der Waals surface area contributed by atoms with E-state index in [0.717, 1.165) is 33.4 Å². The monoisotopic (exact) mass is 994 g/mol. The molecule has 0 atom stereocenters. The number of esters is 2. The van der Waals surface area contributed by atoms with E-state index in [-0.39, 0.29) is 23.0 Å². The van der Waals surface area contributed by atoms with Gasteiger partial charge in [-0.05, 0) is 164 Å². The molecule has 8 rings (SSSR count). The van der Waals surface area contributed by atoms with E-state index in [4.69, 9.17) is 9.47 Å². The molecular formula is C66H54N6O4. The van der Waals surface area contributed by atoms with E-state index in [1.54, 1.807) is 48.5 Å². The van der Waals surface area contributed by atoms with Gasteiger partial charge in [-0.2, -0.15) is 31.3 Å². The molecule has 2 aromatic carbocycles. The zero-order chi connectivity index (χ0) is 54.2. The Morgan fingerprint density at radius 3 is 1.13 bits per heavy atom. The van der Waals surface area contributed by atoms with Crippen LogP contribution < -0.4 is 0 Å². The molecule has 0 radical (unpaired) electrons. The maximum atomic E-state index is 13.6. The number of azo groups is 1. The summed E-state index contributed by atoms with van der Waals surface area (Å²) in [6.07, 6.45) is 17.4. The van der Waals surface area contributed by atoms with Crippen LogP contribution in [0.1, 0.15) is 118 Å². The number of nitrogens with zero attached hydrogens (tertiary/aromatic N) is 6. The van der Waals surface area contributed by atoms with E-state index in [9.17, 15) is 30.6 Å². The molecule has 10 heteroatoms. The first-order chi connectivity index (χ1) is 36.8. The molecule has 0 bridgehead atoms. The fraction of sp³-hybridized carbons (Fsp3) is 0.182. The standard InChI is InChI=1S/C66H54N6O4/c1-39(2)47-21-15-23-53-55(33-47)59(65(73)75-7)41(5)57(53)63(43-17-11-9-12-18-43)61(49(35-67)36-68)45-25-29-51(30-26-45)71-72-52-31-27-46(28-32-52)62(50(37-69)38-70)64(44-19-13-10-14-20-44)58-42(6)60(66(74)76-8)56-34-48(40(3)4)22-16-24-54(56)58/h11-34,39-40H,9-10H2,1-8H3. The molecule has 372 valence electrons. The van der Waals surface area contributed by atoms with Crippen molar-refractivity contribution in [1.82, 2.24) is 0 Å². The van der Waals surface area contributed by atoms with Gasteiger partial charge in [-0.1, -0.05) is 137 Å². The second kappa shape index (κ2) is 23.0. The summed E-state index contributed by atoms with van der Waals surface area (Å²) in [5, 5.41) is 51.5. The highest BCUT2D eigenvalue weighted by Crippen LogP contribution is 2.50. The average molecular weight is 995 g/mol. The van der Waals surface area contributed by atoms with Crippen molar-refractivity contribution in [2.45, 2.75) is 66.2 Å². The van der Waals surface area contributed by atoms with E-state index >= 15 is 0 Å². The summed E-state index contributed by atoms with van der Waals surface area (Å²) in [7, 11) is 2.72. The number of benzene rings is 2. The summed E-state index contributed by atoms with van der Waals surface area (Å²) < 4.78 is 10.7. The topological polar surface area (TPSA) is 172 Å². The van der Waals surface area contributed by atoms with Crippen LogP contribution in [0.4, 0.5) is 11.4 Å². The SMILES string of the molecule is COC(=O)c1c2cc(C(C)C)cccc-2c(C(=C2C=CCC=C2)C(=C(C#N)C#N)c2ccc(N=Nc3ccc(C(=C(C#N)C#N)C(=C4C=CCC=C4)c4c5cccc(C(C)C)cc-5c(C(=O)OC)c4C)cc3)cc2)c1C. The van der Waals surface area contributed by atoms with Crippen LogP contribution in [-0.2, 0) is 9.47 Å². The fourth-order valence-electron chi connectivity index (χ4n) is 10.1. The minimum atomic E-state index is -0.487. The quantitative estimate of drug-likeness (QED) is 0.0662. The van der Waals surface area contributed by atoms with Crippen molar-refractivity contribution in [3.63, 3.8) is 0 Å². The van der Waals surface area contributed by atoms with Crippen molar-refractivity contribution in [1.29, 1.82) is 21.0 Å². The number of hydrogen-bond donors (Lipinski definition) is 0. The summed E-state index contributed by atoms with van der Waals surface area (Å²) in [4.78, 5) is 27.3. The molecule has 0 saturated heterocycles. The number of hydrogen-bond acceptors (Lipinski definition) is 10. The fourth-order valence-corrected chi connectivity index (χ4v) is 10.1. The van der Waals surface area contributed by atoms with Gasteiger partial charge >= 0.3 is 11.9 Å². The van der Waals surface area contributed by atoms with Crippen LogP contribution >= 0.6 is 0 Å². The van der Waals surface area contributed by atoms with Gasteiger partial charge in [-0.3, -0.25) is 0 Å². The number of nitriles is 4. The molecule has 76 heavy (non-hydrogen) atoms. The number of fused-ring (bicyclic) bond motifs is 2. The molecular weight excluding hydrogens is 941 g/mol. The van der Waals surface area contributed by atoms with E-state index in [1.807, 2.05) is 111 Å². The minimum absolute atomic E-state index is 0.112. The zero-order valence-electron chi connectivity index (χ0n) is 43.7.